The number of nitrogens with one attached hydrogen (secondary N) is 1. The summed E-state index contributed by atoms with van der Waals surface area (Å²) in [7, 11) is 0. The van der Waals surface area contributed by atoms with Crippen molar-refractivity contribution < 1.29 is 4.79 Å². The standard InChI is InChI=1S/C20H19Cl2N3OS/c21-15-6-5-14(11-16(15)22)19(26)23-12-13-7-9-25(10-8-13)20-24-17-3-1-2-4-18(17)27-20/h1-6,11,13H,7-10,12H2,(H,23,26). The van der Waals surface area contributed by atoms with Gasteiger partial charge in [0.05, 0.1) is 20.3 Å². The van der Waals surface area contributed by atoms with Crippen molar-refractivity contribution in [1.29, 1.82) is 0 Å². The van der Waals surface area contributed by atoms with Crippen LogP contribution in [0.5, 0.6) is 0 Å². The van der Waals surface area contributed by atoms with E-state index in [4.69, 9.17) is 28.2 Å². The first kappa shape index (κ1) is 18.5. The van der Waals surface area contributed by atoms with Gasteiger partial charge in [-0.1, -0.05) is 46.7 Å². The fraction of sp³-hybridized carbons (Fsp3) is 0.300. The average Bonchev–Trinajstić information content (AvgIpc) is 3.13. The molecule has 0 unspecified atom stereocenters. The molecule has 0 saturated carbocycles. The minimum Gasteiger partial charge on any atom is -0.352 e. The summed E-state index contributed by atoms with van der Waals surface area (Å²) >= 11 is 13.6. The molecule has 7 heteroatoms. The highest BCUT2D eigenvalue weighted by molar-refractivity contribution is 7.22. The van der Waals surface area contributed by atoms with E-state index < -0.39 is 0 Å². The van der Waals surface area contributed by atoms with Crippen LogP contribution >= 0.6 is 34.5 Å². The van der Waals surface area contributed by atoms with Crippen molar-refractivity contribution in [3.63, 3.8) is 0 Å². The van der Waals surface area contributed by atoms with E-state index in [0.717, 1.165) is 36.6 Å². The number of benzene rings is 2. The maximum absolute atomic E-state index is 12.3. The number of amides is 1. The molecule has 1 fully saturated rings. The Morgan fingerprint density at radius 1 is 1.15 bits per heavy atom. The Bertz CT molecular complexity index is 934. The van der Waals surface area contributed by atoms with Gasteiger partial charge >= 0.3 is 0 Å². The van der Waals surface area contributed by atoms with E-state index >= 15 is 0 Å². The van der Waals surface area contributed by atoms with Crippen LogP contribution in [0.15, 0.2) is 42.5 Å². The maximum Gasteiger partial charge on any atom is 0.251 e. The van der Waals surface area contributed by atoms with E-state index in [1.165, 1.54) is 4.70 Å². The van der Waals surface area contributed by atoms with Crippen LogP contribution in [0.2, 0.25) is 10.0 Å². The number of carbonyl (C=O) groups is 1. The second-order valence-corrected chi connectivity index (χ2v) is 8.56. The summed E-state index contributed by atoms with van der Waals surface area (Å²) in [6.07, 6.45) is 2.08. The number of hydrogen-bond donors (Lipinski definition) is 1. The van der Waals surface area contributed by atoms with Gasteiger partial charge in [-0.05, 0) is 49.1 Å². The first-order valence-corrected chi connectivity index (χ1v) is 10.5. The zero-order valence-corrected chi connectivity index (χ0v) is 16.9. The van der Waals surface area contributed by atoms with E-state index in [1.807, 2.05) is 12.1 Å². The molecule has 0 bridgehead atoms. The van der Waals surface area contributed by atoms with Crippen molar-refractivity contribution in [3.05, 3.63) is 58.1 Å². The summed E-state index contributed by atoms with van der Waals surface area (Å²) < 4.78 is 1.23. The van der Waals surface area contributed by atoms with Crippen molar-refractivity contribution in [2.24, 2.45) is 5.92 Å². The number of piperidine rings is 1. The molecule has 1 N–H and O–H groups in total. The Morgan fingerprint density at radius 3 is 2.67 bits per heavy atom. The molecule has 140 valence electrons. The van der Waals surface area contributed by atoms with Crippen LogP contribution in [-0.2, 0) is 0 Å². The molecule has 1 aromatic heterocycles. The third kappa shape index (κ3) is 4.21. The van der Waals surface area contributed by atoms with Crippen LogP contribution in [-0.4, -0.2) is 30.5 Å². The second kappa shape index (κ2) is 8.05. The zero-order chi connectivity index (χ0) is 18.8. The number of para-hydroxylation sites is 1. The summed E-state index contributed by atoms with van der Waals surface area (Å²) in [5.74, 6) is 0.365. The fourth-order valence-electron chi connectivity index (χ4n) is 3.30. The number of rotatable bonds is 4. The lowest BCUT2D eigenvalue weighted by Gasteiger charge is -2.31. The Hall–Kier alpha value is -1.82. The minimum absolute atomic E-state index is 0.109. The van der Waals surface area contributed by atoms with Crippen LogP contribution in [0, 0.1) is 5.92 Å². The number of carbonyl (C=O) groups excluding carboxylic acids is 1. The van der Waals surface area contributed by atoms with Crippen molar-refractivity contribution in [3.8, 4) is 0 Å². The van der Waals surface area contributed by atoms with Crippen LogP contribution in [0.4, 0.5) is 5.13 Å². The van der Waals surface area contributed by atoms with Crippen LogP contribution in [0.3, 0.4) is 0 Å². The molecule has 1 aliphatic heterocycles. The number of hydrogen-bond acceptors (Lipinski definition) is 4. The topological polar surface area (TPSA) is 45.2 Å². The van der Waals surface area contributed by atoms with Crippen LogP contribution in [0.1, 0.15) is 23.2 Å². The Morgan fingerprint density at radius 2 is 1.93 bits per heavy atom. The van der Waals surface area contributed by atoms with Gasteiger partial charge < -0.3 is 10.2 Å². The molecule has 1 amide bonds. The molecule has 0 radical (unpaired) electrons. The van der Waals surface area contributed by atoms with Gasteiger partial charge in [0.1, 0.15) is 0 Å². The summed E-state index contributed by atoms with van der Waals surface area (Å²) in [4.78, 5) is 19.4. The Labute approximate surface area is 172 Å². The molecule has 0 aliphatic carbocycles. The molecule has 4 nitrogen and oxygen atoms in total. The lowest BCUT2D eigenvalue weighted by molar-refractivity contribution is 0.0945. The van der Waals surface area contributed by atoms with Gasteiger partial charge in [0.25, 0.3) is 5.91 Å². The summed E-state index contributed by atoms with van der Waals surface area (Å²) in [6, 6.07) is 13.2. The highest BCUT2D eigenvalue weighted by Gasteiger charge is 2.22. The fourth-order valence-corrected chi connectivity index (χ4v) is 4.62. The van der Waals surface area contributed by atoms with Crippen molar-refractivity contribution in [2.45, 2.75) is 12.8 Å². The Balaban J connectivity index is 1.30. The van der Waals surface area contributed by atoms with Gasteiger partial charge in [0.2, 0.25) is 0 Å². The van der Waals surface area contributed by atoms with E-state index in [-0.39, 0.29) is 5.91 Å². The van der Waals surface area contributed by atoms with E-state index in [0.29, 0.717) is 28.1 Å². The molecule has 2 aromatic carbocycles. The van der Waals surface area contributed by atoms with Crippen molar-refractivity contribution in [2.75, 3.05) is 24.5 Å². The predicted octanol–water partition coefficient (Wildman–Crippen LogP) is 5.25. The second-order valence-electron chi connectivity index (χ2n) is 6.73. The highest BCUT2D eigenvalue weighted by Crippen LogP contribution is 2.31. The minimum atomic E-state index is -0.109. The summed E-state index contributed by atoms with van der Waals surface area (Å²) in [5.41, 5.74) is 1.60. The number of fused-ring (bicyclic) bond motifs is 1. The summed E-state index contributed by atoms with van der Waals surface area (Å²) in [6.45, 7) is 2.60. The van der Waals surface area contributed by atoms with Crippen LogP contribution in [0.25, 0.3) is 10.2 Å². The first-order chi connectivity index (χ1) is 13.1. The normalized spacial score (nSPS) is 15.3. The maximum atomic E-state index is 12.3. The van der Waals surface area contributed by atoms with Crippen molar-refractivity contribution in [1.82, 2.24) is 10.3 Å². The molecule has 3 aromatic rings. The van der Waals surface area contributed by atoms with Gasteiger partial charge in [-0.25, -0.2) is 4.98 Å². The Kier molecular flexibility index (Phi) is 5.53. The third-order valence-corrected chi connectivity index (χ3v) is 6.74. The smallest absolute Gasteiger partial charge is 0.251 e. The molecular formula is C20H19Cl2N3OS. The average molecular weight is 420 g/mol. The van der Waals surface area contributed by atoms with E-state index in [9.17, 15) is 4.79 Å². The molecule has 4 rings (SSSR count). The van der Waals surface area contributed by atoms with Gasteiger partial charge in [-0.2, -0.15) is 0 Å². The zero-order valence-electron chi connectivity index (χ0n) is 14.6. The summed E-state index contributed by atoms with van der Waals surface area (Å²) in [5, 5.41) is 4.96. The van der Waals surface area contributed by atoms with E-state index in [2.05, 4.69) is 22.3 Å². The molecule has 2 heterocycles. The van der Waals surface area contributed by atoms with Crippen LogP contribution < -0.4 is 10.2 Å². The molecule has 27 heavy (non-hydrogen) atoms. The highest BCUT2D eigenvalue weighted by atomic mass is 35.5. The monoisotopic (exact) mass is 419 g/mol. The SMILES string of the molecule is O=C(NCC1CCN(c2nc3ccccc3s2)CC1)c1ccc(Cl)c(Cl)c1. The number of halogens is 2. The number of aromatic nitrogens is 1. The number of nitrogens with zero attached hydrogens (tertiary/aromatic N) is 2. The largest absolute Gasteiger partial charge is 0.352 e. The lowest BCUT2D eigenvalue weighted by atomic mass is 9.97. The molecule has 0 atom stereocenters. The first-order valence-electron chi connectivity index (χ1n) is 8.94. The third-order valence-electron chi connectivity index (χ3n) is 4.90. The van der Waals surface area contributed by atoms with Gasteiger partial charge in [-0.3, -0.25) is 4.79 Å². The molecular weight excluding hydrogens is 401 g/mol. The number of anilines is 1. The van der Waals surface area contributed by atoms with Gasteiger partial charge in [0, 0.05) is 25.2 Å². The van der Waals surface area contributed by atoms with Gasteiger partial charge in [0.15, 0.2) is 5.13 Å². The predicted molar refractivity (Wildman–Crippen MR) is 113 cm³/mol. The molecule has 0 spiro atoms. The molecule has 1 aliphatic rings. The lowest BCUT2D eigenvalue weighted by Crippen LogP contribution is -2.38. The van der Waals surface area contributed by atoms with Gasteiger partial charge in [-0.15, -0.1) is 0 Å². The quantitative estimate of drug-likeness (QED) is 0.627. The number of thiazole rings is 1. The van der Waals surface area contributed by atoms with Crippen molar-refractivity contribution >= 4 is 55.8 Å². The van der Waals surface area contributed by atoms with E-state index in [1.54, 1.807) is 29.5 Å². The molecule has 1 saturated heterocycles.